The van der Waals surface area contributed by atoms with Crippen LogP contribution in [0.25, 0.3) is 17.0 Å². The van der Waals surface area contributed by atoms with Gasteiger partial charge in [-0.3, -0.25) is 19.7 Å². The number of para-hydroxylation sites is 1. The number of barbiturate groups is 1. The van der Waals surface area contributed by atoms with Gasteiger partial charge in [0.25, 0.3) is 11.8 Å². The zero-order valence-electron chi connectivity index (χ0n) is 20.3. The second-order valence-electron chi connectivity index (χ2n) is 8.61. The molecule has 5 rings (SSSR count). The highest BCUT2D eigenvalue weighted by molar-refractivity contribution is 6.39. The van der Waals surface area contributed by atoms with E-state index in [9.17, 15) is 19.2 Å². The summed E-state index contributed by atoms with van der Waals surface area (Å²) in [6.45, 7) is 4.55. The molecule has 5 amide bonds. The van der Waals surface area contributed by atoms with E-state index in [0.29, 0.717) is 49.9 Å². The van der Waals surface area contributed by atoms with Gasteiger partial charge in [-0.2, -0.15) is 0 Å². The SMILES string of the molecule is CCOc1ccc(N2C(=O)NC(=O)C(=Cc3cn(CC(=O)N4CCOCC4)c4ccccc34)C2=O)cc1. The molecule has 3 heterocycles. The average molecular weight is 503 g/mol. The molecule has 10 heteroatoms. The number of carbonyl (C=O) groups excluding carboxylic acids is 4. The molecule has 2 aliphatic rings. The molecule has 37 heavy (non-hydrogen) atoms. The molecule has 2 fully saturated rings. The standard InChI is InChI=1S/C27H26N4O6/c1-2-37-20-9-7-19(8-10-20)31-26(34)22(25(33)28-27(31)35)15-18-16-30(23-6-4-3-5-21(18)23)17-24(32)29-11-13-36-14-12-29/h3-10,15-16H,2,11-14,17H2,1H3,(H,28,33,35). The van der Waals surface area contributed by atoms with Gasteiger partial charge in [0, 0.05) is 35.8 Å². The van der Waals surface area contributed by atoms with Crippen molar-refractivity contribution in [2.24, 2.45) is 0 Å². The highest BCUT2D eigenvalue weighted by atomic mass is 16.5. The number of amides is 5. The van der Waals surface area contributed by atoms with Gasteiger partial charge in [-0.1, -0.05) is 18.2 Å². The summed E-state index contributed by atoms with van der Waals surface area (Å²) < 4.78 is 12.6. The topological polar surface area (TPSA) is 110 Å². The first-order chi connectivity index (χ1) is 18.0. The summed E-state index contributed by atoms with van der Waals surface area (Å²) >= 11 is 0. The molecular weight excluding hydrogens is 476 g/mol. The zero-order chi connectivity index (χ0) is 25.9. The molecule has 0 bridgehead atoms. The molecule has 3 aromatic rings. The molecule has 1 aromatic heterocycles. The summed E-state index contributed by atoms with van der Waals surface area (Å²) in [4.78, 5) is 54.2. The number of nitrogens with one attached hydrogen (secondary N) is 1. The zero-order valence-corrected chi connectivity index (χ0v) is 20.3. The number of carbonyl (C=O) groups is 4. The number of anilines is 1. The van der Waals surface area contributed by atoms with Crippen LogP contribution in [0.15, 0.2) is 60.3 Å². The minimum atomic E-state index is -0.824. The van der Waals surface area contributed by atoms with Crippen molar-refractivity contribution in [3.63, 3.8) is 0 Å². The summed E-state index contributed by atoms with van der Waals surface area (Å²) in [6.07, 6.45) is 3.21. The fourth-order valence-corrected chi connectivity index (χ4v) is 4.49. The number of imide groups is 2. The average Bonchev–Trinajstić information content (AvgIpc) is 3.25. The maximum absolute atomic E-state index is 13.4. The van der Waals surface area contributed by atoms with E-state index >= 15 is 0 Å². The normalized spacial score (nSPS) is 17.4. The molecule has 2 saturated heterocycles. The predicted octanol–water partition coefficient (Wildman–Crippen LogP) is 2.57. The Morgan fingerprint density at radius 1 is 1.05 bits per heavy atom. The van der Waals surface area contributed by atoms with Gasteiger partial charge < -0.3 is 18.9 Å². The van der Waals surface area contributed by atoms with Crippen LogP contribution in [0, 0.1) is 0 Å². The van der Waals surface area contributed by atoms with Gasteiger partial charge in [0.15, 0.2) is 0 Å². The number of benzene rings is 2. The lowest BCUT2D eigenvalue weighted by atomic mass is 10.1. The smallest absolute Gasteiger partial charge is 0.335 e. The fourth-order valence-electron chi connectivity index (χ4n) is 4.49. The van der Waals surface area contributed by atoms with Crippen LogP contribution < -0.4 is 15.0 Å². The van der Waals surface area contributed by atoms with Crippen LogP contribution >= 0.6 is 0 Å². The Hall–Kier alpha value is -4.44. The van der Waals surface area contributed by atoms with Crippen molar-refractivity contribution in [1.29, 1.82) is 0 Å². The Bertz CT molecular complexity index is 1400. The second-order valence-corrected chi connectivity index (χ2v) is 8.61. The molecule has 0 aliphatic carbocycles. The van der Waals surface area contributed by atoms with E-state index in [2.05, 4.69) is 5.32 Å². The van der Waals surface area contributed by atoms with E-state index < -0.39 is 17.8 Å². The van der Waals surface area contributed by atoms with Gasteiger partial charge in [-0.15, -0.1) is 0 Å². The summed E-state index contributed by atoms with van der Waals surface area (Å²) in [5, 5.41) is 3.02. The molecule has 10 nitrogen and oxygen atoms in total. The van der Waals surface area contributed by atoms with Crippen LogP contribution in [0.3, 0.4) is 0 Å². The van der Waals surface area contributed by atoms with Crippen molar-refractivity contribution in [1.82, 2.24) is 14.8 Å². The molecular formula is C27H26N4O6. The molecule has 2 aliphatic heterocycles. The van der Waals surface area contributed by atoms with Gasteiger partial charge >= 0.3 is 6.03 Å². The van der Waals surface area contributed by atoms with Crippen LogP contribution in [-0.2, 0) is 25.7 Å². The van der Waals surface area contributed by atoms with Crippen LogP contribution in [0.2, 0.25) is 0 Å². The number of hydrogen-bond donors (Lipinski definition) is 1. The first-order valence-corrected chi connectivity index (χ1v) is 12.0. The van der Waals surface area contributed by atoms with Gasteiger partial charge in [-0.25, -0.2) is 9.69 Å². The van der Waals surface area contributed by atoms with Crippen LogP contribution in [-0.4, -0.2) is 66.1 Å². The molecule has 2 aromatic carbocycles. The summed E-state index contributed by atoms with van der Waals surface area (Å²) in [5.41, 5.74) is 1.50. The number of aromatic nitrogens is 1. The van der Waals surface area contributed by atoms with E-state index in [-0.39, 0.29) is 18.0 Å². The molecule has 0 spiro atoms. The van der Waals surface area contributed by atoms with Gasteiger partial charge in [-0.05, 0) is 43.3 Å². The van der Waals surface area contributed by atoms with E-state index in [1.54, 1.807) is 39.9 Å². The maximum Gasteiger partial charge on any atom is 0.335 e. The first-order valence-electron chi connectivity index (χ1n) is 12.0. The highest BCUT2D eigenvalue weighted by Crippen LogP contribution is 2.27. The first kappa shape index (κ1) is 24.3. The Balaban J connectivity index is 1.47. The van der Waals surface area contributed by atoms with Gasteiger partial charge in [0.1, 0.15) is 17.9 Å². The summed E-state index contributed by atoms with van der Waals surface area (Å²) in [7, 11) is 0. The lowest BCUT2D eigenvalue weighted by Crippen LogP contribution is -2.54. The monoisotopic (exact) mass is 502 g/mol. The van der Waals surface area contributed by atoms with Crippen molar-refractivity contribution in [2.45, 2.75) is 13.5 Å². The van der Waals surface area contributed by atoms with E-state index in [4.69, 9.17) is 9.47 Å². The largest absolute Gasteiger partial charge is 0.494 e. The Labute approximate surface area is 213 Å². The molecule has 190 valence electrons. The molecule has 1 N–H and O–H groups in total. The molecule has 0 atom stereocenters. The van der Waals surface area contributed by atoms with Gasteiger partial charge in [0.05, 0.1) is 25.5 Å². The van der Waals surface area contributed by atoms with Crippen molar-refractivity contribution in [2.75, 3.05) is 37.8 Å². The molecule has 0 saturated carbocycles. The number of ether oxygens (including phenoxy) is 2. The van der Waals surface area contributed by atoms with Crippen molar-refractivity contribution in [3.8, 4) is 5.75 Å². The number of rotatable bonds is 6. The van der Waals surface area contributed by atoms with E-state index in [0.717, 1.165) is 15.8 Å². The molecule has 0 radical (unpaired) electrons. The van der Waals surface area contributed by atoms with Crippen LogP contribution in [0.5, 0.6) is 5.75 Å². The number of hydrogen-bond acceptors (Lipinski definition) is 6. The van der Waals surface area contributed by atoms with Crippen LogP contribution in [0.4, 0.5) is 10.5 Å². The number of nitrogens with zero attached hydrogens (tertiary/aromatic N) is 3. The minimum Gasteiger partial charge on any atom is -0.494 e. The Kier molecular flexibility index (Phi) is 6.74. The number of fused-ring (bicyclic) bond motifs is 1. The summed E-state index contributed by atoms with van der Waals surface area (Å²) in [6, 6.07) is 13.1. The number of morpholine rings is 1. The summed E-state index contributed by atoms with van der Waals surface area (Å²) in [5.74, 6) is -0.957. The Morgan fingerprint density at radius 3 is 2.51 bits per heavy atom. The predicted molar refractivity (Wildman–Crippen MR) is 136 cm³/mol. The quantitative estimate of drug-likeness (QED) is 0.410. The third-order valence-corrected chi connectivity index (χ3v) is 6.30. The Morgan fingerprint density at radius 2 is 1.78 bits per heavy atom. The highest BCUT2D eigenvalue weighted by Gasteiger charge is 2.37. The van der Waals surface area contributed by atoms with E-state index in [1.165, 1.54) is 6.08 Å². The van der Waals surface area contributed by atoms with Gasteiger partial charge in [0.2, 0.25) is 5.91 Å². The number of urea groups is 1. The fraction of sp³-hybridized carbons (Fsp3) is 0.259. The van der Waals surface area contributed by atoms with Crippen molar-refractivity contribution < 1.29 is 28.7 Å². The second kappa shape index (κ2) is 10.3. The third-order valence-electron chi connectivity index (χ3n) is 6.30. The van der Waals surface area contributed by atoms with E-state index in [1.807, 2.05) is 31.2 Å². The van der Waals surface area contributed by atoms with Crippen LogP contribution in [0.1, 0.15) is 12.5 Å². The maximum atomic E-state index is 13.4. The minimum absolute atomic E-state index is 0.0398. The third kappa shape index (κ3) is 4.83. The lowest BCUT2D eigenvalue weighted by Gasteiger charge is -2.27. The van der Waals surface area contributed by atoms with Crippen molar-refractivity contribution >= 4 is 46.4 Å². The van der Waals surface area contributed by atoms with Crippen molar-refractivity contribution in [3.05, 3.63) is 65.9 Å². The lowest BCUT2D eigenvalue weighted by molar-refractivity contribution is -0.135. The molecule has 0 unspecified atom stereocenters.